The summed E-state index contributed by atoms with van der Waals surface area (Å²) in [5.41, 5.74) is 1.68. The lowest BCUT2D eigenvalue weighted by molar-refractivity contribution is 0.507. The first-order valence-electron chi connectivity index (χ1n) is 4.98. The second kappa shape index (κ2) is 3.35. The van der Waals surface area contributed by atoms with Crippen molar-refractivity contribution in [2.75, 3.05) is 0 Å². The van der Waals surface area contributed by atoms with Crippen molar-refractivity contribution in [2.45, 2.75) is 32.6 Å². The van der Waals surface area contributed by atoms with Crippen molar-refractivity contribution in [1.82, 2.24) is 4.37 Å². The van der Waals surface area contributed by atoms with Gasteiger partial charge in [-0.05, 0) is 41.1 Å². The van der Waals surface area contributed by atoms with E-state index in [1.165, 1.54) is 15.6 Å². The maximum atomic E-state index is 4.19. The van der Waals surface area contributed by atoms with E-state index >= 15 is 0 Å². The standard InChI is InChI=1S/C12H15NS/c1-4-12(2,3)10-5-6-11-9(7-10)8-13-14-11/h5-8H,4H2,1-3H3. The minimum absolute atomic E-state index is 0.274. The summed E-state index contributed by atoms with van der Waals surface area (Å²) in [6.07, 6.45) is 3.12. The Morgan fingerprint density at radius 3 is 2.86 bits per heavy atom. The second-order valence-corrected chi connectivity index (χ2v) is 5.15. The van der Waals surface area contributed by atoms with Crippen LogP contribution in [0.5, 0.6) is 0 Å². The molecule has 1 aromatic heterocycles. The molecule has 74 valence electrons. The minimum atomic E-state index is 0.274. The smallest absolute Gasteiger partial charge is 0.0550 e. The van der Waals surface area contributed by atoms with Gasteiger partial charge in [-0.2, -0.15) is 4.37 Å². The summed E-state index contributed by atoms with van der Waals surface area (Å²) in [5.74, 6) is 0. The van der Waals surface area contributed by atoms with Crippen LogP contribution >= 0.6 is 11.5 Å². The third-order valence-electron chi connectivity index (χ3n) is 3.02. The van der Waals surface area contributed by atoms with Crippen molar-refractivity contribution in [3.8, 4) is 0 Å². The molecule has 0 saturated heterocycles. The normalized spacial score (nSPS) is 12.2. The highest BCUT2D eigenvalue weighted by Crippen LogP contribution is 2.30. The fourth-order valence-corrected chi connectivity index (χ4v) is 2.12. The van der Waals surface area contributed by atoms with Crippen molar-refractivity contribution in [2.24, 2.45) is 0 Å². The lowest BCUT2D eigenvalue weighted by Crippen LogP contribution is -2.14. The molecule has 0 radical (unpaired) electrons. The molecule has 1 aromatic carbocycles. The van der Waals surface area contributed by atoms with Crippen molar-refractivity contribution >= 4 is 21.6 Å². The Labute approximate surface area is 88.9 Å². The van der Waals surface area contributed by atoms with Crippen LogP contribution in [0.4, 0.5) is 0 Å². The van der Waals surface area contributed by atoms with E-state index in [1.807, 2.05) is 6.20 Å². The first kappa shape index (κ1) is 9.66. The zero-order valence-corrected chi connectivity index (χ0v) is 9.69. The first-order valence-corrected chi connectivity index (χ1v) is 5.76. The Morgan fingerprint density at radius 1 is 1.36 bits per heavy atom. The van der Waals surface area contributed by atoms with Crippen molar-refractivity contribution in [3.05, 3.63) is 30.0 Å². The summed E-state index contributed by atoms with van der Waals surface area (Å²) >= 11 is 1.56. The van der Waals surface area contributed by atoms with Crippen LogP contribution in [-0.4, -0.2) is 4.37 Å². The molecular formula is C12H15NS. The lowest BCUT2D eigenvalue weighted by atomic mass is 9.82. The Balaban J connectivity index is 2.53. The number of nitrogens with zero attached hydrogens (tertiary/aromatic N) is 1. The van der Waals surface area contributed by atoms with E-state index in [0.29, 0.717) is 0 Å². The number of benzene rings is 1. The summed E-state index contributed by atoms with van der Waals surface area (Å²) in [6, 6.07) is 6.67. The van der Waals surface area contributed by atoms with Crippen LogP contribution in [0.3, 0.4) is 0 Å². The van der Waals surface area contributed by atoms with Crippen molar-refractivity contribution < 1.29 is 0 Å². The molecule has 0 aliphatic carbocycles. The van der Waals surface area contributed by atoms with Gasteiger partial charge in [0.2, 0.25) is 0 Å². The largest absolute Gasteiger partial charge is 0.200 e. The molecule has 1 nitrogen and oxygen atoms in total. The minimum Gasteiger partial charge on any atom is -0.200 e. The lowest BCUT2D eigenvalue weighted by Gasteiger charge is -2.23. The van der Waals surface area contributed by atoms with E-state index in [0.717, 1.165) is 6.42 Å². The van der Waals surface area contributed by atoms with Gasteiger partial charge < -0.3 is 0 Å². The number of aromatic nitrogens is 1. The van der Waals surface area contributed by atoms with Crippen LogP contribution in [0.15, 0.2) is 24.4 Å². The molecule has 2 rings (SSSR count). The maximum absolute atomic E-state index is 4.19. The van der Waals surface area contributed by atoms with E-state index in [9.17, 15) is 0 Å². The van der Waals surface area contributed by atoms with Gasteiger partial charge in [0.25, 0.3) is 0 Å². The van der Waals surface area contributed by atoms with Gasteiger partial charge in [-0.15, -0.1) is 0 Å². The second-order valence-electron chi connectivity index (χ2n) is 4.32. The van der Waals surface area contributed by atoms with Crippen LogP contribution in [-0.2, 0) is 5.41 Å². The summed E-state index contributed by atoms with van der Waals surface area (Å²) in [6.45, 7) is 6.80. The van der Waals surface area contributed by atoms with Gasteiger partial charge in [-0.3, -0.25) is 0 Å². The summed E-state index contributed by atoms with van der Waals surface area (Å²) in [5, 5.41) is 1.27. The zero-order valence-electron chi connectivity index (χ0n) is 8.87. The van der Waals surface area contributed by atoms with Gasteiger partial charge in [-0.1, -0.05) is 26.8 Å². The molecule has 0 atom stereocenters. The highest BCUT2D eigenvalue weighted by molar-refractivity contribution is 7.13. The summed E-state index contributed by atoms with van der Waals surface area (Å²) < 4.78 is 5.47. The van der Waals surface area contributed by atoms with Gasteiger partial charge >= 0.3 is 0 Å². The van der Waals surface area contributed by atoms with Gasteiger partial charge in [0.05, 0.1) is 4.70 Å². The van der Waals surface area contributed by atoms with E-state index in [4.69, 9.17) is 0 Å². The molecule has 0 unspecified atom stereocenters. The van der Waals surface area contributed by atoms with E-state index in [1.54, 1.807) is 11.5 Å². The average molecular weight is 205 g/mol. The molecule has 0 saturated carbocycles. The quantitative estimate of drug-likeness (QED) is 0.722. The van der Waals surface area contributed by atoms with E-state index in [2.05, 4.69) is 43.3 Å². The molecule has 0 bridgehead atoms. The molecule has 0 spiro atoms. The zero-order chi connectivity index (χ0) is 10.2. The van der Waals surface area contributed by atoms with Crippen LogP contribution in [0.1, 0.15) is 32.8 Å². The molecule has 0 amide bonds. The van der Waals surface area contributed by atoms with Crippen LogP contribution in [0, 0.1) is 0 Å². The van der Waals surface area contributed by atoms with Crippen LogP contribution in [0.2, 0.25) is 0 Å². The number of hydrogen-bond acceptors (Lipinski definition) is 2. The highest BCUT2D eigenvalue weighted by Gasteiger charge is 2.18. The molecule has 0 N–H and O–H groups in total. The average Bonchev–Trinajstić information content (AvgIpc) is 2.64. The fraction of sp³-hybridized carbons (Fsp3) is 0.417. The van der Waals surface area contributed by atoms with Gasteiger partial charge in [-0.25, -0.2) is 0 Å². The van der Waals surface area contributed by atoms with Crippen LogP contribution in [0.25, 0.3) is 10.1 Å². The monoisotopic (exact) mass is 205 g/mol. The van der Waals surface area contributed by atoms with Crippen molar-refractivity contribution in [1.29, 1.82) is 0 Å². The number of rotatable bonds is 2. The Bertz CT molecular complexity index is 442. The summed E-state index contributed by atoms with van der Waals surface area (Å²) in [4.78, 5) is 0. The highest BCUT2D eigenvalue weighted by atomic mass is 32.1. The van der Waals surface area contributed by atoms with Crippen LogP contribution < -0.4 is 0 Å². The topological polar surface area (TPSA) is 12.9 Å². The Hall–Kier alpha value is -0.890. The Morgan fingerprint density at radius 2 is 2.14 bits per heavy atom. The van der Waals surface area contributed by atoms with Crippen molar-refractivity contribution in [3.63, 3.8) is 0 Å². The summed E-state index contributed by atoms with van der Waals surface area (Å²) in [7, 11) is 0. The van der Waals surface area contributed by atoms with Gasteiger partial charge in [0.1, 0.15) is 0 Å². The molecule has 1 heterocycles. The maximum Gasteiger partial charge on any atom is 0.0550 e. The molecular weight excluding hydrogens is 190 g/mol. The molecule has 0 aliphatic rings. The Kier molecular flexibility index (Phi) is 2.31. The number of fused-ring (bicyclic) bond motifs is 1. The first-order chi connectivity index (χ1) is 6.63. The third-order valence-corrected chi connectivity index (χ3v) is 3.80. The fourth-order valence-electron chi connectivity index (χ4n) is 1.50. The molecule has 0 fully saturated rings. The van der Waals surface area contributed by atoms with E-state index in [-0.39, 0.29) is 5.41 Å². The predicted octanol–water partition coefficient (Wildman–Crippen LogP) is 3.98. The molecule has 2 aromatic rings. The number of hydrogen-bond donors (Lipinski definition) is 0. The van der Waals surface area contributed by atoms with Gasteiger partial charge in [0, 0.05) is 11.6 Å². The molecule has 14 heavy (non-hydrogen) atoms. The van der Waals surface area contributed by atoms with E-state index < -0.39 is 0 Å². The SMILES string of the molecule is CCC(C)(C)c1ccc2sncc2c1. The molecule has 2 heteroatoms. The molecule has 0 aliphatic heterocycles. The van der Waals surface area contributed by atoms with Gasteiger partial charge in [0.15, 0.2) is 0 Å². The predicted molar refractivity (Wildman–Crippen MR) is 62.9 cm³/mol. The third kappa shape index (κ3) is 1.55.